The number of rotatable bonds is 9. The van der Waals surface area contributed by atoms with Gasteiger partial charge in [0.05, 0.1) is 22.3 Å². The summed E-state index contributed by atoms with van der Waals surface area (Å²) in [6.07, 6.45) is 7.02. The zero-order valence-electron chi connectivity index (χ0n) is 22.5. The van der Waals surface area contributed by atoms with Crippen molar-refractivity contribution in [3.05, 3.63) is 86.4 Å². The highest BCUT2D eigenvalue weighted by atomic mass is 32.2. The lowest BCUT2D eigenvalue weighted by molar-refractivity contribution is -0.384. The lowest BCUT2D eigenvalue weighted by Gasteiger charge is -2.12. The second-order valence-electron chi connectivity index (χ2n) is 9.80. The van der Waals surface area contributed by atoms with Gasteiger partial charge in [-0.2, -0.15) is 0 Å². The topological polar surface area (TPSA) is 103 Å². The zero-order valence-corrected chi connectivity index (χ0v) is 24.1. The third kappa shape index (κ3) is 5.93. The third-order valence-electron chi connectivity index (χ3n) is 7.06. The average molecular weight is 578 g/mol. The summed E-state index contributed by atoms with van der Waals surface area (Å²) in [7, 11) is 0. The molecular formula is C30H31N3O5S2. The van der Waals surface area contributed by atoms with E-state index in [0.29, 0.717) is 17.1 Å². The van der Waals surface area contributed by atoms with Crippen LogP contribution in [0, 0.1) is 10.1 Å². The van der Waals surface area contributed by atoms with Crippen molar-refractivity contribution in [2.75, 3.05) is 11.9 Å². The molecule has 1 atom stereocenters. The monoisotopic (exact) mass is 577 g/mol. The van der Waals surface area contributed by atoms with Crippen LogP contribution in [0.1, 0.15) is 59.5 Å². The Labute approximate surface area is 240 Å². The first-order chi connectivity index (χ1) is 19.4. The fraction of sp³-hybridized carbons (Fsp3) is 0.333. The number of aromatic nitrogens is 1. The Balaban J connectivity index is 1.36. The zero-order chi connectivity index (χ0) is 28.2. The fourth-order valence-electron chi connectivity index (χ4n) is 5.06. The van der Waals surface area contributed by atoms with Crippen LogP contribution in [0.25, 0.3) is 10.9 Å². The quantitative estimate of drug-likeness (QED) is 0.0740. The molecule has 1 aliphatic rings. The number of hydrogen-bond acceptors (Lipinski definition) is 7. The maximum absolute atomic E-state index is 13.4. The number of non-ortho nitro benzene ring substituents is 1. The van der Waals surface area contributed by atoms with Crippen molar-refractivity contribution >= 4 is 56.6 Å². The molecule has 2 heterocycles. The molecule has 208 valence electrons. The number of amides is 1. The van der Waals surface area contributed by atoms with Gasteiger partial charge in [0.1, 0.15) is 5.00 Å². The summed E-state index contributed by atoms with van der Waals surface area (Å²) >= 11 is 2.97. The van der Waals surface area contributed by atoms with Gasteiger partial charge in [0.15, 0.2) is 0 Å². The second-order valence-corrected chi connectivity index (χ2v) is 12.3. The van der Waals surface area contributed by atoms with Crippen LogP contribution in [0.2, 0.25) is 0 Å². The predicted molar refractivity (Wildman–Crippen MR) is 160 cm³/mol. The van der Waals surface area contributed by atoms with Gasteiger partial charge in [0.25, 0.3) is 5.69 Å². The Morgan fingerprint density at radius 2 is 1.88 bits per heavy atom. The Morgan fingerprint density at radius 3 is 2.62 bits per heavy atom. The third-order valence-corrected chi connectivity index (χ3v) is 9.42. The summed E-state index contributed by atoms with van der Waals surface area (Å²) in [4.78, 5) is 39.1. The van der Waals surface area contributed by atoms with Gasteiger partial charge >= 0.3 is 5.97 Å². The van der Waals surface area contributed by atoms with Gasteiger partial charge in [-0.1, -0.05) is 36.8 Å². The number of para-hydroxylation sites is 1. The van der Waals surface area contributed by atoms with Gasteiger partial charge in [-0.25, -0.2) is 4.79 Å². The van der Waals surface area contributed by atoms with Crippen LogP contribution < -0.4 is 5.32 Å². The smallest absolute Gasteiger partial charge is 0.341 e. The van der Waals surface area contributed by atoms with Crippen LogP contribution in [0.4, 0.5) is 10.7 Å². The number of carbonyl (C=O) groups excluding carboxylic acids is 2. The number of nitrogens with zero attached hydrogens (tertiary/aromatic N) is 2. The molecule has 2 aromatic carbocycles. The van der Waals surface area contributed by atoms with E-state index in [9.17, 15) is 19.7 Å². The molecule has 0 saturated carbocycles. The van der Waals surface area contributed by atoms with Crippen LogP contribution in [0.3, 0.4) is 0 Å². The van der Waals surface area contributed by atoms with Gasteiger partial charge in [0.2, 0.25) is 5.91 Å². The summed E-state index contributed by atoms with van der Waals surface area (Å²) in [5.41, 5.74) is 3.57. The minimum atomic E-state index is -0.421. The first kappa shape index (κ1) is 27.9. The van der Waals surface area contributed by atoms with E-state index < -0.39 is 10.2 Å². The fourth-order valence-corrected chi connectivity index (χ4v) is 7.38. The van der Waals surface area contributed by atoms with Crippen molar-refractivity contribution in [1.29, 1.82) is 0 Å². The van der Waals surface area contributed by atoms with E-state index in [-0.39, 0.29) is 24.2 Å². The van der Waals surface area contributed by atoms with Crippen molar-refractivity contribution in [2.45, 2.75) is 62.6 Å². The maximum atomic E-state index is 13.4. The molecule has 4 aromatic rings. The molecule has 0 aliphatic heterocycles. The summed E-state index contributed by atoms with van der Waals surface area (Å²) < 4.78 is 7.46. The summed E-state index contributed by atoms with van der Waals surface area (Å²) in [6.45, 7) is 4.49. The van der Waals surface area contributed by atoms with E-state index in [2.05, 4.69) is 9.88 Å². The van der Waals surface area contributed by atoms with Crippen molar-refractivity contribution in [1.82, 2.24) is 4.57 Å². The van der Waals surface area contributed by atoms with E-state index in [1.165, 1.54) is 40.1 Å². The summed E-state index contributed by atoms with van der Waals surface area (Å²) in [5, 5.41) is 15.3. The molecule has 1 N–H and O–H groups in total. The Morgan fingerprint density at radius 1 is 1.12 bits per heavy atom. The molecule has 0 bridgehead atoms. The van der Waals surface area contributed by atoms with E-state index in [4.69, 9.17) is 4.74 Å². The molecule has 1 aliphatic carbocycles. The minimum absolute atomic E-state index is 0.0606. The largest absolute Gasteiger partial charge is 0.462 e. The standard InChI is InChI=1S/C30H31N3O5S2/c1-3-38-30(35)27-23-10-5-4-6-12-25(23)40-29(27)31-28(34)19(2)39-26-18-32(24-11-8-7-9-22(24)26)17-20-13-15-21(16-14-20)33(36)37/h7-9,11,13-16,18-19H,3-6,10,12,17H2,1-2H3,(H,31,34). The Kier molecular flexibility index (Phi) is 8.56. The number of nitrogens with one attached hydrogen (secondary N) is 1. The molecule has 0 spiro atoms. The molecule has 1 amide bonds. The van der Waals surface area contributed by atoms with Crippen molar-refractivity contribution in [3.63, 3.8) is 0 Å². The number of thioether (sulfide) groups is 1. The lowest BCUT2D eigenvalue weighted by Crippen LogP contribution is -2.23. The normalized spacial score (nSPS) is 13.8. The number of carbonyl (C=O) groups is 2. The SMILES string of the molecule is CCOC(=O)c1c(NC(=O)C(C)Sc2cn(Cc3ccc([N+](=O)[O-])cc3)c3ccccc23)sc2c1CCCCC2. The number of thiophene rings is 1. The number of aryl methyl sites for hydroxylation is 1. The number of esters is 1. The average Bonchev–Trinajstić information content (AvgIpc) is 3.36. The van der Waals surface area contributed by atoms with Gasteiger partial charge < -0.3 is 14.6 Å². The van der Waals surface area contributed by atoms with Gasteiger partial charge in [-0.05, 0) is 56.7 Å². The summed E-state index contributed by atoms with van der Waals surface area (Å²) in [5.74, 6) is -0.536. The van der Waals surface area contributed by atoms with E-state index in [1.807, 2.05) is 37.4 Å². The highest BCUT2D eigenvalue weighted by Gasteiger charge is 2.28. The molecule has 0 saturated heterocycles. The van der Waals surface area contributed by atoms with Gasteiger partial charge in [-0.15, -0.1) is 23.1 Å². The van der Waals surface area contributed by atoms with Crippen molar-refractivity contribution in [2.24, 2.45) is 0 Å². The van der Waals surface area contributed by atoms with Crippen LogP contribution in [0.5, 0.6) is 0 Å². The van der Waals surface area contributed by atoms with E-state index >= 15 is 0 Å². The van der Waals surface area contributed by atoms with Crippen LogP contribution >= 0.6 is 23.1 Å². The minimum Gasteiger partial charge on any atom is -0.462 e. The van der Waals surface area contributed by atoms with Crippen molar-refractivity contribution in [3.8, 4) is 0 Å². The lowest BCUT2D eigenvalue weighted by atomic mass is 10.1. The van der Waals surface area contributed by atoms with Crippen LogP contribution in [-0.4, -0.2) is 33.2 Å². The molecule has 5 rings (SSSR count). The maximum Gasteiger partial charge on any atom is 0.341 e. The number of hydrogen-bond donors (Lipinski definition) is 1. The number of nitro groups is 1. The molecule has 0 radical (unpaired) electrons. The molecule has 8 nitrogen and oxygen atoms in total. The van der Waals surface area contributed by atoms with E-state index in [1.54, 1.807) is 19.1 Å². The highest BCUT2D eigenvalue weighted by Crippen LogP contribution is 2.39. The van der Waals surface area contributed by atoms with E-state index in [0.717, 1.165) is 59.0 Å². The highest BCUT2D eigenvalue weighted by molar-refractivity contribution is 8.00. The Hall–Kier alpha value is -3.63. The molecule has 40 heavy (non-hydrogen) atoms. The molecule has 2 aromatic heterocycles. The number of anilines is 1. The number of ether oxygens (including phenoxy) is 1. The second kappa shape index (κ2) is 12.3. The first-order valence-electron chi connectivity index (χ1n) is 13.5. The van der Waals surface area contributed by atoms with Crippen LogP contribution in [-0.2, 0) is 28.9 Å². The number of benzene rings is 2. The van der Waals surface area contributed by atoms with Gasteiger partial charge in [0, 0.05) is 45.5 Å². The van der Waals surface area contributed by atoms with Gasteiger partial charge in [-0.3, -0.25) is 14.9 Å². The number of fused-ring (bicyclic) bond motifs is 2. The Bertz CT molecular complexity index is 1560. The van der Waals surface area contributed by atoms with Crippen molar-refractivity contribution < 1.29 is 19.2 Å². The molecule has 0 fully saturated rings. The molecule has 10 heteroatoms. The van der Waals surface area contributed by atoms with Crippen LogP contribution in [0.15, 0.2) is 59.6 Å². The number of nitro benzene ring substituents is 1. The first-order valence-corrected chi connectivity index (χ1v) is 15.2. The predicted octanol–water partition coefficient (Wildman–Crippen LogP) is 7.22. The molecular weight excluding hydrogens is 546 g/mol. The summed E-state index contributed by atoms with van der Waals surface area (Å²) in [6, 6.07) is 14.5. The molecule has 1 unspecified atom stereocenters.